The molecule has 1 N–H and O–H groups in total. The zero-order chi connectivity index (χ0) is 17.6. The summed E-state index contributed by atoms with van der Waals surface area (Å²) in [5.41, 5.74) is 0.597. The number of nitrogens with one attached hydrogen (secondary N) is 1. The Morgan fingerprint density at radius 2 is 1.85 bits per heavy atom. The van der Waals surface area contributed by atoms with Crippen molar-refractivity contribution in [2.45, 2.75) is 23.8 Å². The zero-order valence-corrected chi connectivity index (χ0v) is 16.1. The van der Waals surface area contributed by atoms with Gasteiger partial charge in [-0.1, -0.05) is 24.3 Å². The maximum atomic E-state index is 12.9. The number of likely N-dealkylation sites (N-methyl/N-ethyl adjacent to an activating group) is 1. The van der Waals surface area contributed by atoms with Gasteiger partial charge in [-0.05, 0) is 43.5 Å². The highest BCUT2D eigenvalue weighted by Crippen LogP contribution is 2.41. The molecule has 1 fully saturated rings. The van der Waals surface area contributed by atoms with Crippen LogP contribution in [0.1, 0.15) is 12.8 Å². The molecule has 2 heterocycles. The lowest BCUT2D eigenvalue weighted by Gasteiger charge is -2.32. The van der Waals surface area contributed by atoms with Crippen LogP contribution in [0, 0.1) is 0 Å². The van der Waals surface area contributed by atoms with Crippen molar-refractivity contribution in [2.75, 3.05) is 31.0 Å². The van der Waals surface area contributed by atoms with Crippen molar-refractivity contribution >= 4 is 44.8 Å². The zero-order valence-electron chi connectivity index (χ0n) is 14.5. The molecule has 1 saturated heterocycles. The van der Waals surface area contributed by atoms with Crippen LogP contribution >= 0.6 is 12.4 Å². The number of nitrogens with zero attached hydrogens (tertiary/aromatic N) is 2. The Kier molecular flexibility index (Phi) is 5.14. The van der Waals surface area contributed by atoms with Gasteiger partial charge in [0.1, 0.15) is 6.54 Å². The molecular formula is C18H22ClN3O3S. The number of benzene rings is 2. The summed E-state index contributed by atoms with van der Waals surface area (Å²) in [5.74, 6) is -0.166. The first-order valence-corrected chi connectivity index (χ1v) is 9.95. The number of hydrogen-bond donors (Lipinski definition) is 1. The molecule has 2 aliphatic rings. The highest BCUT2D eigenvalue weighted by molar-refractivity contribution is 7.93. The second-order valence-electron chi connectivity index (χ2n) is 6.63. The van der Waals surface area contributed by atoms with E-state index < -0.39 is 10.0 Å². The number of sulfonamides is 1. The minimum absolute atomic E-state index is 0. The van der Waals surface area contributed by atoms with Crippen LogP contribution in [-0.2, 0) is 14.8 Å². The number of rotatable bonds is 3. The molecule has 0 aliphatic carbocycles. The van der Waals surface area contributed by atoms with Crippen LogP contribution in [0.3, 0.4) is 0 Å². The minimum atomic E-state index is -3.68. The fourth-order valence-electron chi connectivity index (χ4n) is 3.76. The number of carbonyl (C=O) groups is 1. The smallest absolute Gasteiger partial charge is 0.265 e. The maximum Gasteiger partial charge on any atom is 0.265 e. The van der Waals surface area contributed by atoms with E-state index in [4.69, 9.17) is 0 Å². The molecule has 140 valence electrons. The van der Waals surface area contributed by atoms with Crippen molar-refractivity contribution < 1.29 is 13.2 Å². The first-order valence-electron chi connectivity index (χ1n) is 8.51. The van der Waals surface area contributed by atoms with Gasteiger partial charge in [-0.2, -0.15) is 0 Å². The van der Waals surface area contributed by atoms with Crippen LogP contribution in [-0.4, -0.2) is 51.9 Å². The third kappa shape index (κ3) is 2.94. The average molecular weight is 396 g/mol. The molecule has 8 heteroatoms. The van der Waals surface area contributed by atoms with Crippen LogP contribution in [0.5, 0.6) is 0 Å². The lowest BCUT2D eigenvalue weighted by atomic mass is 10.1. The quantitative estimate of drug-likeness (QED) is 0.862. The molecule has 0 radical (unpaired) electrons. The number of anilines is 1. The van der Waals surface area contributed by atoms with Gasteiger partial charge in [0.2, 0.25) is 5.91 Å². The van der Waals surface area contributed by atoms with E-state index in [-0.39, 0.29) is 35.8 Å². The topological polar surface area (TPSA) is 69.7 Å². The van der Waals surface area contributed by atoms with Gasteiger partial charge in [0.05, 0.1) is 10.6 Å². The first-order chi connectivity index (χ1) is 12.0. The lowest BCUT2D eigenvalue weighted by molar-refractivity contribution is -0.130. The van der Waals surface area contributed by atoms with Crippen molar-refractivity contribution in [1.29, 1.82) is 0 Å². The number of amides is 1. The van der Waals surface area contributed by atoms with Crippen LogP contribution in [0.15, 0.2) is 41.3 Å². The van der Waals surface area contributed by atoms with Gasteiger partial charge in [0.25, 0.3) is 10.0 Å². The van der Waals surface area contributed by atoms with Gasteiger partial charge in [-0.3, -0.25) is 9.10 Å². The second kappa shape index (κ2) is 7.06. The van der Waals surface area contributed by atoms with Gasteiger partial charge < -0.3 is 10.2 Å². The summed E-state index contributed by atoms with van der Waals surface area (Å²) in [6.45, 7) is 1.61. The highest BCUT2D eigenvalue weighted by Gasteiger charge is 2.37. The Labute approximate surface area is 159 Å². The largest absolute Gasteiger partial charge is 0.341 e. The molecule has 0 unspecified atom stereocenters. The van der Waals surface area contributed by atoms with E-state index in [1.807, 2.05) is 18.2 Å². The number of hydrogen-bond acceptors (Lipinski definition) is 4. The van der Waals surface area contributed by atoms with Gasteiger partial charge >= 0.3 is 0 Å². The monoisotopic (exact) mass is 395 g/mol. The van der Waals surface area contributed by atoms with Crippen molar-refractivity contribution in [3.05, 3.63) is 36.4 Å². The third-order valence-corrected chi connectivity index (χ3v) is 7.01. The van der Waals surface area contributed by atoms with Crippen molar-refractivity contribution in [1.82, 2.24) is 10.2 Å². The molecular weight excluding hydrogens is 374 g/mol. The van der Waals surface area contributed by atoms with Crippen molar-refractivity contribution in [3.63, 3.8) is 0 Å². The number of carbonyl (C=O) groups excluding carboxylic acids is 1. The summed E-state index contributed by atoms with van der Waals surface area (Å²) in [5, 5.41) is 4.86. The van der Waals surface area contributed by atoms with Crippen LogP contribution in [0.25, 0.3) is 10.8 Å². The molecule has 2 aliphatic heterocycles. The fourth-order valence-corrected chi connectivity index (χ4v) is 5.42. The molecule has 4 rings (SSSR count). The van der Waals surface area contributed by atoms with E-state index in [0.29, 0.717) is 11.1 Å². The molecule has 0 aromatic heterocycles. The molecule has 0 saturated carbocycles. The average Bonchev–Trinajstić information content (AvgIpc) is 2.85. The molecule has 6 nitrogen and oxygen atoms in total. The summed E-state index contributed by atoms with van der Waals surface area (Å²) in [6.07, 6.45) is 1.79. The standard InChI is InChI=1S/C18H21N3O3S.ClH/c1-20(14-8-10-19-11-9-14)17(22)12-21-15-6-2-4-13-5-3-7-16(18(13)15)25(21,23)24;/h2-7,14,19H,8-12H2,1H3;1H. The molecule has 0 atom stereocenters. The maximum absolute atomic E-state index is 12.9. The lowest BCUT2D eigenvalue weighted by Crippen LogP contribution is -2.47. The van der Waals surface area contributed by atoms with Gasteiger partial charge in [0, 0.05) is 18.5 Å². The van der Waals surface area contributed by atoms with Gasteiger partial charge in [-0.25, -0.2) is 8.42 Å². The summed E-state index contributed by atoms with van der Waals surface area (Å²) >= 11 is 0. The third-order valence-electron chi connectivity index (χ3n) is 5.21. The Hall–Kier alpha value is -1.83. The van der Waals surface area contributed by atoms with Crippen LogP contribution in [0.4, 0.5) is 5.69 Å². The number of piperidine rings is 1. The molecule has 26 heavy (non-hydrogen) atoms. The SMILES string of the molecule is CN(C(=O)CN1c2cccc3cccc(c23)S1(=O)=O)C1CCNCC1.Cl. The summed E-state index contributed by atoms with van der Waals surface area (Å²) in [7, 11) is -1.91. The van der Waals surface area contributed by atoms with E-state index in [9.17, 15) is 13.2 Å². The van der Waals surface area contributed by atoms with Gasteiger partial charge in [0.15, 0.2) is 0 Å². The predicted octanol–water partition coefficient (Wildman–Crippen LogP) is 1.98. The summed E-state index contributed by atoms with van der Waals surface area (Å²) < 4.78 is 27.1. The summed E-state index contributed by atoms with van der Waals surface area (Å²) in [4.78, 5) is 14.8. The molecule has 2 aromatic rings. The minimum Gasteiger partial charge on any atom is -0.341 e. The first kappa shape index (κ1) is 18.9. The molecule has 0 spiro atoms. The Bertz CT molecular complexity index is 937. The van der Waals surface area contributed by atoms with Crippen molar-refractivity contribution in [3.8, 4) is 0 Å². The Morgan fingerprint density at radius 1 is 1.19 bits per heavy atom. The Balaban J connectivity index is 0.00000196. The van der Waals surface area contributed by atoms with E-state index in [1.165, 1.54) is 4.31 Å². The van der Waals surface area contributed by atoms with Crippen molar-refractivity contribution in [2.24, 2.45) is 0 Å². The van der Waals surface area contributed by atoms with E-state index in [2.05, 4.69) is 5.32 Å². The van der Waals surface area contributed by atoms with E-state index >= 15 is 0 Å². The fraction of sp³-hybridized carbons (Fsp3) is 0.389. The number of halogens is 1. The van der Waals surface area contributed by atoms with Gasteiger partial charge in [-0.15, -0.1) is 12.4 Å². The van der Waals surface area contributed by atoms with E-state index in [1.54, 1.807) is 30.1 Å². The molecule has 1 amide bonds. The predicted molar refractivity (Wildman–Crippen MR) is 104 cm³/mol. The summed E-state index contributed by atoms with van der Waals surface area (Å²) in [6, 6.07) is 10.9. The van der Waals surface area contributed by atoms with E-state index in [0.717, 1.165) is 31.3 Å². The Morgan fingerprint density at radius 3 is 2.54 bits per heavy atom. The van der Waals surface area contributed by atoms with Crippen LogP contribution < -0.4 is 9.62 Å². The highest BCUT2D eigenvalue weighted by atomic mass is 35.5. The normalized spacial score (nSPS) is 18.6. The van der Waals surface area contributed by atoms with Crippen LogP contribution in [0.2, 0.25) is 0 Å². The second-order valence-corrected chi connectivity index (χ2v) is 8.46. The molecule has 0 bridgehead atoms. The molecule has 2 aromatic carbocycles.